The van der Waals surface area contributed by atoms with Crippen molar-refractivity contribution in [1.29, 1.82) is 0 Å². The van der Waals surface area contributed by atoms with Crippen LogP contribution in [0.3, 0.4) is 0 Å². The van der Waals surface area contributed by atoms with Gasteiger partial charge < -0.3 is 10.1 Å². The van der Waals surface area contributed by atoms with Gasteiger partial charge in [-0.3, -0.25) is 4.90 Å². The molecule has 182 valence electrons. The van der Waals surface area contributed by atoms with Crippen LogP contribution in [0, 0.1) is 19.8 Å². The Labute approximate surface area is 207 Å². The third-order valence-electron chi connectivity index (χ3n) is 7.36. The number of fused-ring (bicyclic) bond motifs is 1. The second kappa shape index (κ2) is 10.7. The molecular weight excluding hydrogens is 446 g/mol. The topological polar surface area (TPSA) is 54.7 Å². The number of nitrogens with one attached hydrogen (secondary N) is 1. The van der Waals surface area contributed by atoms with Gasteiger partial charge in [0.25, 0.3) is 0 Å². The van der Waals surface area contributed by atoms with E-state index in [4.69, 9.17) is 26.4 Å². The second-order valence-corrected chi connectivity index (χ2v) is 10.4. The van der Waals surface area contributed by atoms with Crippen LogP contribution in [0.4, 0.5) is 0 Å². The Morgan fingerprint density at radius 2 is 1.91 bits per heavy atom. The van der Waals surface area contributed by atoms with Crippen LogP contribution < -0.4 is 5.32 Å². The zero-order valence-corrected chi connectivity index (χ0v) is 21.2. The van der Waals surface area contributed by atoms with Gasteiger partial charge >= 0.3 is 0 Å². The van der Waals surface area contributed by atoms with Crippen molar-refractivity contribution in [3.05, 3.63) is 63.6 Å². The van der Waals surface area contributed by atoms with Gasteiger partial charge in [0, 0.05) is 55.0 Å². The van der Waals surface area contributed by atoms with E-state index in [1.807, 2.05) is 12.1 Å². The van der Waals surface area contributed by atoms with Crippen molar-refractivity contribution in [3.8, 4) is 0 Å². The van der Waals surface area contributed by atoms with Crippen molar-refractivity contribution in [1.82, 2.24) is 24.8 Å². The Morgan fingerprint density at radius 3 is 2.71 bits per heavy atom. The minimum atomic E-state index is 0.451. The Bertz CT molecular complexity index is 1110. The molecule has 2 fully saturated rings. The smallest absolute Gasteiger partial charge is 0.160 e. The fraction of sp³-hybridized carbons (Fsp3) is 0.556. The highest BCUT2D eigenvalue weighted by atomic mass is 35.5. The van der Waals surface area contributed by atoms with Gasteiger partial charge in [0.1, 0.15) is 0 Å². The molecule has 0 bridgehead atoms. The molecule has 2 aromatic heterocycles. The Morgan fingerprint density at radius 1 is 1.12 bits per heavy atom. The van der Waals surface area contributed by atoms with Crippen molar-refractivity contribution >= 4 is 17.2 Å². The second-order valence-electron chi connectivity index (χ2n) is 10.0. The number of aromatic nitrogens is 3. The summed E-state index contributed by atoms with van der Waals surface area (Å²) in [7, 11) is 0. The molecule has 4 heterocycles. The van der Waals surface area contributed by atoms with Gasteiger partial charge in [-0.15, -0.1) is 0 Å². The summed E-state index contributed by atoms with van der Waals surface area (Å²) >= 11 is 6.08. The van der Waals surface area contributed by atoms with Crippen LogP contribution in [-0.2, 0) is 17.8 Å². The van der Waals surface area contributed by atoms with Crippen LogP contribution in [-0.4, -0.2) is 52.3 Å². The average Bonchev–Trinajstić information content (AvgIpc) is 3.16. The molecule has 0 aliphatic carbocycles. The normalized spacial score (nSPS) is 20.3. The monoisotopic (exact) mass is 481 g/mol. The van der Waals surface area contributed by atoms with E-state index in [0.29, 0.717) is 11.8 Å². The molecule has 5 rings (SSSR count). The fourth-order valence-electron chi connectivity index (χ4n) is 5.45. The molecule has 1 unspecified atom stereocenters. The quantitative estimate of drug-likeness (QED) is 0.520. The number of rotatable bonds is 7. The molecule has 7 heteroatoms. The van der Waals surface area contributed by atoms with Crippen LogP contribution in [0.1, 0.15) is 59.8 Å². The maximum Gasteiger partial charge on any atom is 0.160 e. The Balaban J connectivity index is 1.32. The van der Waals surface area contributed by atoms with Gasteiger partial charge in [-0.25, -0.2) is 9.50 Å². The van der Waals surface area contributed by atoms with Crippen molar-refractivity contribution in [2.24, 2.45) is 5.92 Å². The van der Waals surface area contributed by atoms with Crippen molar-refractivity contribution in [3.63, 3.8) is 0 Å². The third-order valence-corrected chi connectivity index (χ3v) is 7.61. The van der Waals surface area contributed by atoms with E-state index in [1.165, 1.54) is 29.7 Å². The number of hydrogen-bond acceptors (Lipinski definition) is 5. The Hall–Kier alpha value is -1.99. The van der Waals surface area contributed by atoms with E-state index in [9.17, 15) is 0 Å². The number of halogens is 1. The van der Waals surface area contributed by atoms with Crippen molar-refractivity contribution in [2.45, 2.75) is 58.5 Å². The maximum atomic E-state index is 6.08. The summed E-state index contributed by atoms with van der Waals surface area (Å²) in [5.74, 6) is 1.16. The highest BCUT2D eigenvalue weighted by molar-refractivity contribution is 6.30. The summed E-state index contributed by atoms with van der Waals surface area (Å²) in [6.45, 7) is 11.0. The number of likely N-dealkylation sites (tertiary alicyclic amines) is 1. The van der Waals surface area contributed by atoms with E-state index in [2.05, 4.69) is 46.8 Å². The first-order valence-electron chi connectivity index (χ1n) is 12.7. The summed E-state index contributed by atoms with van der Waals surface area (Å²) < 4.78 is 7.63. The van der Waals surface area contributed by atoms with Gasteiger partial charge in [0.2, 0.25) is 0 Å². The number of hydrogen-bond donors (Lipinski definition) is 1. The van der Waals surface area contributed by atoms with E-state index in [0.717, 1.165) is 80.8 Å². The number of piperidine rings is 1. The predicted molar refractivity (Wildman–Crippen MR) is 136 cm³/mol. The first kappa shape index (κ1) is 23.7. The number of ether oxygens (including phenoxy) is 1. The first-order valence-corrected chi connectivity index (χ1v) is 13.1. The molecule has 2 aliphatic heterocycles. The van der Waals surface area contributed by atoms with Gasteiger partial charge in [-0.1, -0.05) is 23.7 Å². The molecule has 2 aliphatic rings. The van der Waals surface area contributed by atoms with Crippen LogP contribution in [0.5, 0.6) is 0 Å². The Kier molecular flexibility index (Phi) is 7.49. The highest BCUT2D eigenvalue weighted by Gasteiger charge is 2.26. The van der Waals surface area contributed by atoms with Crippen LogP contribution >= 0.6 is 11.6 Å². The highest BCUT2D eigenvalue weighted by Crippen LogP contribution is 2.30. The minimum absolute atomic E-state index is 0.451. The van der Waals surface area contributed by atoms with E-state index >= 15 is 0 Å². The van der Waals surface area contributed by atoms with Gasteiger partial charge in [-0.05, 0) is 82.3 Å². The van der Waals surface area contributed by atoms with Crippen molar-refractivity contribution < 1.29 is 4.74 Å². The van der Waals surface area contributed by atoms with Gasteiger partial charge in [0.15, 0.2) is 5.65 Å². The largest absolute Gasteiger partial charge is 0.381 e. The average molecular weight is 482 g/mol. The zero-order valence-electron chi connectivity index (χ0n) is 20.4. The molecule has 0 radical (unpaired) electrons. The van der Waals surface area contributed by atoms with Crippen LogP contribution in [0.25, 0.3) is 5.65 Å². The summed E-state index contributed by atoms with van der Waals surface area (Å²) in [6.07, 6.45) is 4.68. The van der Waals surface area contributed by atoms with Crippen LogP contribution in [0.15, 0.2) is 30.3 Å². The van der Waals surface area contributed by atoms with Crippen LogP contribution in [0.2, 0.25) is 5.02 Å². The standard InChI is InChI=1S/C27H36ClN5O/c1-19-14-26(23-4-3-11-32(18-23)17-22-5-7-24(28)8-6-22)33-27(30-19)25(20(2)31-33)16-29-15-21-9-12-34-13-10-21/h5-8,14,21,23,29H,3-4,9-13,15-18H2,1-2H3. The fourth-order valence-corrected chi connectivity index (χ4v) is 5.58. The summed E-state index contributed by atoms with van der Waals surface area (Å²) in [5.41, 5.74) is 7.00. The molecule has 0 saturated carbocycles. The van der Waals surface area contributed by atoms with Gasteiger partial charge in [0.05, 0.1) is 11.4 Å². The molecule has 1 aromatic carbocycles. The summed E-state index contributed by atoms with van der Waals surface area (Å²) in [4.78, 5) is 7.49. The lowest BCUT2D eigenvalue weighted by Gasteiger charge is -2.33. The number of aryl methyl sites for hydroxylation is 2. The van der Waals surface area contributed by atoms with E-state index in [-0.39, 0.29) is 0 Å². The number of nitrogens with zero attached hydrogens (tertiary/aromatic N) is 4. The molecular formula is C27H36ClN5O. The first-order chi connectivity index (χ1) is 16.6. The SMILES string of the molecule is Cc1cc(C2CCCN(Cc3ccc(Cl)cc3)C2)n2nc(C)c(CNCC3CCOCC3)c2n1. The molecule has 1 atom stereocenters. The van der Waals surface area contributed by atoms with E-state index < -0.39 is 0 Å². The molecule has 1 N–H and O–H groups in total. The predicted octanol–water partition coefficient (Wildman–Crippen LogP) is 4.90. The molecule has 2 saturated heterocycles. The lowest BCUT2D eigenvalue weighted by Crippen LogP contribution is -2.34. The molecule has 6 nitrogen and oxygen atoms in total. The van der Waals surface area contributed by atoms with Crippen molar-refractivity contribution in [2.75, 3.05) is 32.8 Å². The van der Waals surface area contributed by atoms with E-state index in [1.54, 1.807) is 0 Å². The third kappa shape index (κ3) is 5.46. The minimum Gasteiger partial charge on any atom is -0.381 e. The lowest BCUT2D eigenvalue weighted by molar-refractivity contribution is 0.0662. The lowest BCUT2D eigenvalue weighted by atomic mass is 9.93. The molecule has 0 amide bonds. The summed E-state index contributed by atoms with van der Waals surface area (Å²) in [6, 6.07) is 10.5. The van der Waals surface area contributed by atoms with Gasteiger partial charge in [-0.2, -0.15) is 5.10 Å². The summed E-state index contributed by atoms with van der Waals surface area (Å²) in [5, 5.41) is 9.45. The zero-order chi connectivity index (χ0) is 23.5. The molecule has 3 aromatic rings. The molecule has 34 heavy (non-hydrogen) atoms. The maximum absolute atomic E-state index is 6.08. The molecule has 0 spiro atoms. The number of benzene rings is 1.